The molecule has 0 saturated carbocycles. The maximum absolute atomic E-state index is 13.1. The van der Waals surface area contributed by atoms with Crippen LogP contribution in [0, 0.1) is 5.82 Å². The van der Waals surface area contributed by atoms with Crippen molar-refractivity contribution in [2.45, 2.75) is 10.6 Å². The molecule has 0 N–H and O–H groups in total. The SMILES string of the molecule is COc1ccc(Br)cc1CS(=O)(=O)c1cccc(F)c1. The van der Waals surface area contributed by atoms with E-state index in [0.29, 0.717) is 11.3 Å². The van der Waals surface area contributed by atoms with Gasteiger partial charge in [0.1, 0.15) is 11.6 Å². The molecule has 6 heteroatoms. The molecule has 0 aliphatic heterocycles. The normalized spacial score (nSPS) is 11.3. The fourth-order valence-corrected chi connectivity index (χ4v) is 3.60. The van der Waals surface area contributed by atoms with Gasteiger partial charge in [0.15, 0.2) is 9.84 Å². The summed E-state index contributed by atoms with van der Waals surface area (Å²) >= 11 is 3.29. The minimum absolute atomic E-state index is 0.0421. The Kier molecular flexibility index (Phi) is 4.45. The number of sulfone groups is 1. The summed E-state index contributed by atoms with van der Waals surface area (Å²) in [5.74, 6) is -0.348. The second-order valence-corrected chi connectivity index (χ2v) is 7.08. The van der Waals surface area contributed by atoms with Gasteiger partial charge in [0.25, 0.3) is 0 Å². The number of rotatable bonds is 4. The van der Waals surface area contributed by atoms with E-state index in [4.69, 9.17) is 4.74 Å². The molecule has 0 unspecified atom stereocenters. The van der Waals surface area contributed by atoms with Gasteiger partial charge in [-0.25, -0.2) is 12.8 Å². The van der Waals surface area contributed by atoms with Gasteiger partial charge in [-0.05, 0) is 36.4 Å². The molecule has 0 bridgehead atoms. The Morgan fingerprint density at radius 3 is 2.60 bits per heavy atom. The molecule has 0 spiro atoms. The Labute approximate surface area is 125 Å². The lowest BCUT2D eigenvalue weighted by molar-refractivity contribution is 0.411. The number of halogens is 2. The maximum Gasteiger partial charge on any atom is 0.182 e. The van der Waals surface area contributed by atoms with Crippen LogP contribution in [0.4, 0.5) is 4.39 Å². The summed E-state index contributed by atoms with van der Waals surface area (Å²) in [6, 6.07) is 10.1. The van der Waals surface area contributed by atoms with Crippen molar-refractivity contribution in [2.75, 3.05) is 7.11 Å². The highest BCUT2D eigenvalue weighted by atomic mass is 79.9. The lowest BCUT2D eigenvalue weighted by Gasteiger charge is -2.10. The van der Waals surface area contributed by atoms with E-state index in [9.17, 15) is 12.8 Å². The molecule has 0 aliphatic carbocycles. The van der Waals surface area contributed by atoms with Gasteiger partial charge in [-0.15, -0.1) is 0 Å². The van der Waals surface area contributed by atoms with Crippen molar-refractivity contribution in [2.24, 2.45) is 0 Å². The number of ether oxygens (including phenoxy) is 1. The topological polar surface area (TPSA) is 43.4 Å². The maximum atomic E-state index is 13.1. The van der Waals surface area contributed by atoms with Crippen LogP contribution in [0.5, 0.6) is 5.75 Å². The van der Waals surface area contributed by atoms with Crippen molar-refractivity contribution in [1.29, 1.82) is 0 Å². The number of hydrogen-bond acceptors (Lipinski definition) is 3. The fourth-order valence-electron chi connectivity index (χ4n) is 1.81. The van der Waals surface area contributed by atoms with Crippen molar-refractivity contribution in [1.82, 2.24) is 0 Å². The zero-order chi connectivity index (χ0) is 14.8. The first kappa shape index (κ1) is 15.0. The third-order valence-corrected chi connectivity index (χ3v) is 4.90. The van der Waals surface area contributed by atoms with Crippen LogP contribution in [0.25, 0.3) is 0 Å². The van der Waals surface area contributed by atoms with Gasteiger partial charge in [0, 0.05) is 10.0 Å². The summed E-state index contributed by atoms with van der Waals surface area (Å²) in [5, 5.41) is 0. The molecule has 0 aliphatic rings. The average Bonchev–Trinajstić information content (AvgIpc) is 2.38. The predicted molar refractivity (Wildman–Crippen MR) is 78.0 cm³/mol. The van der Waals surface area contributed by atoms with Crippen LogP contribution in [0.15, 0.2) is 51.8 Å². The minimum Gasteiger partial charge on any atom is -0.496 e. The van der Waals surface area contributed by atoms with Gasteiger partial charge >= 0.3 is 0 Å². The smallest absolute Gasteiger partial charge is 0.182 e. The first-order valence-electron chi connectivity index (χ1n) is 5.73. The van der Waals surface area contributed by atoms with Gasteiger partial charge in [-0.1, -0.05) is 22.0 Å². The Hall–Kier alpha value is -1.40. The van der Waals surface area contributed by atoms with E-state index >= 15 is 0 Å². The standard InChI is InChI=1S/C14H12BrFO3S/c1-19-14-6-5-11(15)7-10(14)9-20(17,18)13-4-2-3-12(16)8-13/h2-8H,9H2,1H3. The summed E-state index contributed by atoms with van der Waals surface area (Å²) in [6.45, 7) is 0. The van der Waals surface area contributed by atoms with E-state index in [0.717, 1.165) is 10.5 Å². The summed E-state index contributed by atoms with van der Waals surface area (Å²) in [4.78, 5) is -0.0421. The van der Waals surface area contributed by atoms with Crippen molar-refractivity contribution < 1.29 is 17.5 Å². The largest absolute Gasteiger partial charge is 0.496 e. The second kappa shape index (κ2) is 5.93. The van der Waals surface area contributed by atoms with Crippen LogP contribution in [-0.2, 0) is 15.6 Å². The molecule has 0 saturated heterocycles. The highest BCUT2D eigenvalue weighted by Gasteiger charge is 2.18. The Morgan fingerprint density at radius 2 is 1.95 bits per heavy atom. The van der Waals surface area contributed by atoms with E-state index in [-0.39, 0.29) is 10.6 Å². The van der Waals surface area contributed by atoms with Gasteiger partial charge in [0.2, 0.25) is 0 Å². The van der Waals surface area contributed by atoms with E-state index in [1.54, 1.807) is 18.2 Å². The van der Waals surface area contributed by atoms with E-state index < -0.39 is 15.7 Å². The van der Waals surface area contributed by atoms with Crippen LogP contribution in [0.3, 0.4) is 0 Å². The summed E-state index contributed by atoms with van der Waals surface area (Å²) in [5.41, 5.74) is 0.520. The first-order chi connectivity index (χ1) is 9.42. The molecule has 20 heavy (non-hydrogen) atoms. The van der Waals surface area contributed by atoms with E-state index in [2.05, 4.69) is 15.9 Å². The molecular formula is C14H12BrFO3S. The number of methoxy groups -OCH3 is 1. The molecule has 0 amide bonds. The third kappa shape index (κ3) is 3.37. The predicted octanol–water partition coefficient (Wildman–Crippen LogP) is 3.57. The van der Waals surface area contributed by atoms with Crippen LogP contribution < -0.4 is 4.74 Å². The zero-order valence-corrected chi connectivity index (χ0v) is 13.0. The van der Waals surface area contributed by atoms with Crippen LogP contribution in [-0.4, -0.2) is 15.5 Å². The molecule has 106 valence electrons. The van der Waals surface area contributed by atoms with Gasteiger partial charge in [0.05, 0.1) is 17.8 Å². The van der Waals surface area contributed by atoms with Crippen molar-refractivity contribution in [3.63, 3.8) is 0 Å². The van der Waals surface area contributed by atoms with Crippen LogP contribution in [0.1, 0.15) is 5.56 Å². The quantitative estimate of drug-likeness (QED) is 0.838. The van der Waals surface area contributed by atoms with Crippen molar-refractivity contribution in [3.05, 3.63) is 58.3 Å². The highest BCUT2D eigenvalue weighted by Crippen LogP contribution is 2.27. The van der Waals surface area contributed by atoms with Crippen molar-refractivity contribution >= 4 is 25.8 Å². The summed E-state index contributed by atoms with van der Waals surface area (Å²) < 4.78 is 43.6. The Bertz CT molecular complexity index is 729. The summed E-state index contributed by atoms with van der Waals surface area (Å²) in [6.07, 6.45) is 0. The van der Waals surface area contributed by atoms with Crippen LogP contribution in [0.2, 0.25) is 0 Å². The molecule has 0 atom stereocenters. The average molecular weight is 359 g/mol. The van der Waals surface area contributed by atoms with E-state index in [1.807, 2.05) is 0 Å². The monoisotopic (exact) mass is 358 g/mol. The molecule has 2 aromatic carbocycles. The van der Waals surface area contributed by atoms with E-state index in [1.165, 1.54) is 25.3 Å². The van der Waals surface area contributed by atoms with Gasteiger partial charge in [-0.2, -0.15) is 0 Å². The zero-order valence-electron chi connectivity index (χ0n) is 10.6. The lowest BCUT2D eigenvalue weighted by atomic mass is 10.2. The number of benzene rings is 2. The molecule has 0 fully saturated rings. The lowest BCUT2D eigenvalue weighted by Crippen LogP contribution is -2.06. The Balaban J connectivity index is 2.40. The highest BCUT2D eigenvalue weighted by molar-refractivity contribution is 9.10. The van der Waals surface area contributed by atoms with Gasteiger partial charge in [-0.3, -0.25) is 0 Å². The summed E-state index contributed by atoms with van der Waals surface area (Å²) in [7, 11) is -2.15. The first-order valence-corrected chi connectivity index (χ1v) is 8.17. The molecule has 3 nitrogen and oxygen atoms in total. The minimum atomic E-state index is -3.63. The molecule has 2 aromatic rings. The molecule has 2 rings (SSSR count). The molecular weight excluding hydrogens is 347 g/mol. The fraction of sp³-hybridized carbons (Fsp3) is 0.143. The second-order valence-electron chi connectivity index (χ2n) is 4.17. The van der Waals surface area contributed by atoms with Crippen LogP contribution >= 0.6 is 15.9 Å². The van der Waals surface area contributed by atoms with Gasteiger partial charge < -0.3 is 4.74 Å². The molecule has 0 heterocycles. The Morgan fingerprint density at radius 1 is 1.20 bits per heavy atom. The van der Waals surface area contributed by atoms with Crippen molar-refractivity contribution in [3.8, 4) is 5.75 Å². The molecule has 0 radical (unpaired) electrons. The third-order valence-electron chi connectivity index (χ3n) is 2.74. The number of hydrogen-bond donors (Lipinski definition) is 0. The molecule has 0 aromatic heterocycles.